The van der Waals surface area contributed by atoms with Gasteiger partial charge in [-0.1, -0.05) is 19.8 Å². The third-order valence-electron chi connectivity index (χ3n) is 3.26. The van der Waals surface area contributed by atoms with Gasteiger partial charge in [-0.15, -0.1) is 0 Å². The van der Waals surface area contributed by atoms with Crippen LogP contribution in [0.15, 0.2) is 12.4 Å². The Bertz CT molecular complexity index is 388. The number of rotatable bonds is 4. The normalized spacial score (nSPS) is 24.5. The number of hydrogen-bond donors (Lipinski definition) is 2. The minimum atomic E-state index is -0.370. The second-order valence-electron chi connectivity index (χ2n) is 5.01. The Labute approximate surface area is 101 Å². The SMILES string of the molecule is CC1CCCC(Nc2cnn(CC(N)=O)c2)C1. The molecule has 1 fully saturated rings. The summed E-state index contributed by atoms with van der Waals surface area (Å²) >= 11 is 0. The van der Waals surface area contributed by atoms with Crippen LogP contribution in [0.5, 0.6) is 0 Å². The quantitative estimate of drug-likeness (QED) is 0.829. The molecule has 3 N–H and O–H groups in total. The number of amides is 1. The second kappa shape index (κ2) is 5.21. The number of nitrogens with one attached hydrogen (secondary N) is 1. The fraction of sp³-hybridized carbons (Fsp3) is 0.667. The van der Waals surface area contributed by atoms with Gasteiger partial charge in [0.25, 0.3) is 0 Å². The molecule has 17 heavy (non-hydrogen) atoms. The van der Waals surface area contributed by atoms with E-state index < -0.39 is 0 Å². The molecule has 0 aliphatic heterocycles. The van der Waals surface area contributed by atoms with E-state index in [2.05, 4.69) is 17.3 Å². The molecule has 0 aromatic carbocycles. The molecule has 2 atom stereocenters. The molecule has 2 unspecified atom stereocenters. The highest BCUT2D eigenvalue weighted by Gasteiger charge is 2.18. The van der Waals surface area contributed by atoms with E-state index >= 15 is 0 Å². The van der Waals surface area contributed by atoms with Crippen molar-refractivity contribution in [3.8, 4) is 0 Å². The molecule has 0 radical (unpaired) electrons. The van der Waals surface area contributed by atoms with Crippen LogP contribution in [0.1, 0.15) is 32.6 Å². The number of aromatic nitrogens is 2. The van der Waals surface area contributed by atoms with E-state index in [1.54, 1.807) is 10.9 Å². The second-order valence-corrected chi connectivity index (χ2v) is 5.01. The first-order chi connectivity index (χ1) is 8.13. The molecule has 1 aromatic heterocycles. The summed E-state index contributed by atoms with van der Waals surface area (Å²) in [5, 5.41) is 7.56. The fourth-order valence-electron chi connectivity index (χ4n) is 2.49. The number of nitrogens with zero attached hydrogens (tertiary/aromatic N) is 2. The zero-order valence-electron chi connectivity index (χ0n) is 10.2. The molecule has 0 saturated heterocycles. The van der Waals surface area contributed by atoms with Gasteiger partial charge in [-0.2, -0.15) is 5.10 Å². The lowest BCUT2D eigenvalue weighted by Gasteiger charge is -2.27. The lowest BCUT2D eigenvalue weighted by atomic mass is 9.87. The van der Waals surface area contributed by atoms with E-state index in [-0.39, 0.29) is 12.5 Å². The lowest BCUT2D eigenvalue weighted by molar-refractivity contribution is -0.118. The van der Waals surface area contributed by atoms with Gasteiger partial charge in [0.15, 0.2) is 0 Å². The van der Waals surface area contributed by atoms with Crippen molar-refractivity contribution < 1.29 is 4.79 Å². The summed E-state index contributed by atoms with van der Waals surface area (Å²) in [5.74, 6) is 0.424. The van der Waals surface area contributed by atoms with E-state index in [9.17, 15) is 4.79 Å². The summed E-state index contributed by atoms with van der Waals surface area (Å²) in [6.07, 6.45) is 8.63. The molecule has 0 spiro atoms. The van der Waals surface area contributed by atoms with Crippen LogP contribution in [0, 0.1) is 5.92 Å². The number of primary amides is 1. The van der Waals surface area contributed by atoms with Crippen molar-refractivity contribution in [2.75, 3.05) is 5.32 Å². The Hall–Kier alpha value is -1.52. The summed E-state index contributed by atoms with van der Waals surface area (Å²) in [6.45, 7) is 2.44. The van der Waals surface area contributed by atoms with Crippen LogP contribution in [-0.4, -0.2) is 21.7 Å². The highest BCUT2D eigenvalue weighted by Crippen LogP contribution is 2.25. The molecular formula is C12H20N4O. The van der Waals surface area contributed by atoms with E-state index in [0.29, 0.717) is 6.04 Å². The van der Waals surface area contributed by atoms with Gasteiger partial charge in [0.05, 0.1) is 11.9 Å². The average molecular weight is 236 g/mol. The Kier molecular flexibility index (Phi) is 3.66. The predicted molar refractivity (Wildman–Crippen MR) is 66.5 cm³/mol. The third-order valence-corrected chi connectivity index (χ3v) is 3.26. The van der Waals surface area contributed by atoms with Crippen molar-refractivity contribution in [2.24, 2.45) is 11.7 Å². The van der Waals surface area contributed by atoms with E-state index in [1.165, 1.54) is 25.7 Å². The molecule has 94 valence electrons. The Morgan fingerprint density at radius 3 is 3.18 bits per heavy atom. The van der Waals surface area contributed by atoms with Gasteiger partial charge in [0.2, 0.25) is 5.91 Å². The molecule has 1 aromatic rings. The summed E-state index contributed by atoms with van der Waals surface area (Å²) in [6, 6.07) is 0.532. The van der Waals surface area contributed by atoms with Gasteiger partial charge in [-0.3, -0.25) is 9.48 Å². The largest absolute Gasteiger partial charge is 0.380 e. The maximum atomic E-state index is 10.8. The zero-order chi connectivity index (χ0) is 12.3. The molecule has 1 saturated carbocycles. The van der Waals surface area contributed by atoms with Crippen molar-refractivity contribution in [3.05, 3.63) is 12.4 Å². The number of anilines is 1. The van der Waals surface area contributed by atoms with Crippen LogP contribution in [0.4, 0.5) is 5.69 Å². The van der Waals surface area contributed by atoms with Crippen molar-refractivity contribution in [3.63, 3.8) is 0 Å². The van der Waals surface area contributed by atoms with Crippen LogP contribution < -0.4 is 11.1 Å². The summed E-state index contributed by atoms with van der Waals surface area (Å²) in [7, 11) is 0. The van der Waals surface area contributed by atoms with Crippen molar-refractivity contribution in [2.45, 2.75) is 45.2 Å². The van der Waals surface area contributed by atoms with E-state index in [1.807, 2.05) is 6.20 Å². The van der Waals surface area contributed by atoms with Crippen molar-refractivity contribution in [1.82, 2.24) is 9.78 Å². The number of carbonyl (C=O) groups is 1. The van der Waals surface area contributed by atoms with Gasteiger partial charge < -0.3 is 11.1 Å². The third kappa shape index (κ3) is 3.47. The van der Waals surface area contributed by atoms with Crippen LogP contribution >= 0.6 is 0 Å². The molecule has 1 amide bonds. The Balaban J connectivity index is 1.89. The van der Waals surface area contributed by atoms with Crippen LogP contribution in [0.25, 0.3) is 0 Å². The molecule has 5 nitrogen and oxygen atoms in total. The Morgan fingerprint density at radius 2 is 2.47 bits per heavy atom. The fourth-order valence-corrected chi connectivity index (χ4v) is 2.49. The maximum Gasteiger partial charge on any atom is 0.239 e. The molecule has 5 heteroatoms. The first-order valence-electron chi connectivity index (χ1n) is 6.21. The topological polar surface area (TPSA) is 72.9 Å². The molecule has 1 aliphatic rings. The Morgan fingerprint density at radius 1 is 1.65 bits per heavy atom. The molecule has 2 rings (SSSR count). The standard InChI is InChI=1S/C12H20N4O/c1-9-3-2-4-10(5-9)15-11-6-14-16(7-11)8-12(13)17/h6-7,9-10,15H,2-5,8H2,1H3,(H2,13,17). The van der Waals surface area contributed by atoms with Gasteiger partial charge in [-0.05, 0) is 18.8 Å². The summed E-state index contributed by atoms with van der Waals surface area (Å²) in [5.41, 5.74) is 6.09. The first-order valence-corrected chi connectivity index (χ1v) is 6.21. The lowest BCUT2D eigenvalue weighted by Crippen LogP contribution is -2.26. The minimum absolute atomic E-state index is 0.142. The molecular weight excluding hydrogens is 216 g/mol. The highest BCUT2D eigenvalue weighted by atomic mass is 16.1. The van der Waals surface area contributed by atoms with E-state index in [0.717, 1.165) is 11.6 Å². The molecule has 0 bridgehead atoms. The highest BCUT2D eigenvalue weighted by molar-refractivity contribution is 5.73. The molecule has 1 aliphatic carbocycles. The zero-order valence-corrected chi connectivity index (χ0v) is 10.2. The van der Waals surface area contributed by atoms with Crippen molar-refractivity contribution >= 4 is 11.6 Å². The van der Waals surface area contributed by atoms with Crippen LogP contribution in [0.2, 0.25) is 0 Å². The summed E-state index contributed by atoms with van der Waals surface area (Å²) in [4.78, 5) is 10.8. The van der Waals surface area contributed by atoms with Crippen LogP contribution in [-0.2, 0) is 11.3 Å². The van der Waals surface area contributed by atoms with E-state index in [4.69, 9.17) is 5.73 Å². The monoisotopic (exact) mass is 236 g/mol. The maximum absolute atomic E-state index is 10.8. The number of hydrogen-bond acceptors (Lipinski definition) is 3. The van der Waals surface area contributed by atoms with Gasteiger partial charge >= 0.3 is 0 Å². The minimum Gasteiger partial charge on any atom is -0.380 e. The van der Waals surface area contributed by atoms with Gasteiger partial charge in [0, 0.05) is 12.2 Å². The van der Waals surface area contributed by atoms with Crippen molar-refractivity contribution in [1.29, 1.82) is 0 Å². The smallest absolute Gasteiger partial charge is 0.239 e. The number of carbonyl (C=O) groups excluding carboxylic acids is 1. The number of nitrogens with two attached hydrogens (primary N) is 1. The predicted octanol–water partition coefficient (Wildman–Crippen LogP) is 1.36. The van der Waals surface area contributed by atoms with Gasteiger partial charge in [-0.25, -0.2) is 0 Å². The van der Waals surface area contributed by atoms with Crippen LogP contribution in [0.3, 0.4) is 0 Å². The summed E-state index contributed by atoms with van der Waals surface area (Å²) < 4.78 is 1.57. The van der Waals surface area contributed by atoms with Gasteiger partial charge in [0.1, 0.15) is 6.54 Å². The average Bonchev–Trinajstić information content (AvgIpc) is 2.64. The first kappa shape index (κ1) is 12.0. The molecule has 1 heterocycles.